The lowest BCUT2D eigenvalue weighted by Gasteiger charge is -2.28. The predicted molar refractivity (Wildman–Crippen MR) is 102 cm³/mol. The Bertz CT molecular complexity index is 726. The third-order valence-corrected chi connectivity index (χ3v) is 5.07. The number of aromatic nitrogens is 1. The maximum atomic E-state index is 8.83. The first-order valence-electron chi connectivity index (χ1n) is 9.09. The van der Waals surface area contributed by atoms with E-state index in [2.05, 4.69) is 41.0 Å². The van der Waals surface area contributed by atoms with E-state index in [-0.39, 0.29) is 0 Å². The molecule has 2 heterocycles. The Morgan fingerprint density at radius 2 is 2.12 bits per heavy atom. The molecule has 26 heavy (non-hydrogen) atoms. The quantitative estimate of drug-likeness (QED) is 0.768. The van der Waals surface area contributed by atoms with Crippen LogP contribution >= 0.6 is 0 Å². The summed E-state index contributed by atoms with van der Waals surface area (Å²) in [5, 5.41) is 8.83. The van der Waals surface area contributed by atoms with Crippen LogP contribution in [-0.2, 0) is 0 Å². The first kappa shape index (κ1) is 18.4. The zero-order valence-electron chi connectivity index (χ0n) is 15.5. The average molecular weight is 350 g/mol. The highest BCUT2D eigenvalue weighted by molar-refractivity contribution is 5.34. The molecule has 1 aliphatic heterocycles. The van der Waals surface area contributed by atoms with Crippen LogP contribution in [0.5, 0.6) is 5.75 Å². The number of hydrogen-bond donors (Lipinski definition) is 0. The van der Waals surface area contributed by atoms with E-state index in [0.29, 0.717) is 24.1 Å². The molecular weight excluding hydrogens is 324 g/mol. The number of likely N-dealkylation sites (N-methyl/N-ethyl adjacent to an activating group) is 1. The molecule has 0 unspecified atom stereocenters. The molecule has 0 saturated carbocycles. The van der Waals surface area contributed by atoms with E-state index in [0.717, 1.165) is 25.4 Å². The van der Waals surface area contributed by atoms with Crippen molar-refractivity contribution >= 4 is 0 Å². The molecule has 0 spiro atoms. The summed E-state index contributed by atoms with van der Waals surface area (Å²) in [5.41, 5.74) is 1.96. The van der Waals surface area contributed by atoms with Crippen LogP contribution < -0.4 is 4.74 Å². The van der Waals surface area contributed by atoms with Crippen LogP contribution in [0.2, 0.25) is 0 Å². The molecule has 3 rings (SSSR count). The first-order valence-corrected chi connectivity index (χ1v) is 9.09. The smallest absolute Gasteiger partial charge is 0.119 e. The van der Waals surface area contributed by atoms with Gasteiger partial charge in [-0.3, -0.25) is 9.88 Å². The Kier molecular flexibility index (Phi) is 6.21. The molecule has 0 amide bonds. The molecule has 136 valence electrons. The molecule has 5 heteroatoms. The highest BCUT2D eigenvalue weighted by Crippen LogP contribution is 2.35. The van der Waals surface area contributed by atoms with Crippen molar-refractivity contribution in [2.45, 2.75) is 12.5 Å². The summed E-state index contributed by atoms with van der Waals surface area (Å²) in [6.45, 7) is 3.68. The molecule has 1 aromatic carbocycles. The van der Waals surface area contributed by atoms with E-state index in [1.54, 1.807) is 12.1 Å². The van der Waals surface area contributed by atoms with Gasteiger partial charge in [-0.2, -0.15) is 5.26 Å². The molecule has 2 aromatic rings. The number of ether oxygens (including phenoxy) is 1. The number of nitrogens with zero attached hydrogens (tertiary/aromatic N) is 4. The van der Waals surface area contributed by atoms with Crippen molar-refractivity contribution in [3.8, 4) is 11.8 Å². The predicted octanol–water partition coefficient (Wildman–Crippen LogP) is 2.96. The maximum Gasteiger partial charge on any atom is 0.119 e. The lowest BCUT2D eigenvalue weighted by Crippen LogP contribution is -2.32. The Hall–Kier alpha value is -2.42. The number of pyridine rings is 1. The van der Waals surface area contributed by atoms with Crippen LogP contribution in [0.25, 0.3) is 0 Å². The lowest BCUT2D eigenvalue weighted by molar-refractivity contribution is 0.190. The fraction of sp³-hybridized carbons (Fsp3) is 0.429. The Balaban J connectivity index is 1.49. The minimum atomic E-state index is 0.436. The van der Waals surface area contributed by atoms with Gasteiger partial charge in [0.15, 0.2) is 0 Å². The largest absolute Gasteiger partial charge is 0.492 e. The molecule has 0 N–H and O–H groups in total. The van der Waals surface area contributed by atoms with Crippen LogP contribution in [0, 0.1) is 17.2 Å². The molecular formula is C21H26N4O. The summed E-state index contributed by atoms with van der Waals surface area (Å²) < 4.78 is 5.80. The first-order chi connectivity index (χ1) is 12.7. The van der Waals surface area contributed by atoms with E-state index in [1.165, 1.54) is 12.0 Å². The zero-order chi connectivity index (χ0) is 18.4. The van der Waals surface area contributed by atoms with Gasteiger partial charge in [-0.15, -0.1) is 0 Å². The summed E-state index contributed by atoms with van der Waals surface area (Å²) >= 11 is 0. The van der Waals surface area contributed by atoms with Crippen molar-refractivity contribution in [2.75, 3.05) is 40.3 Å². The van der Waals surface area contributed by atoms with E-state index in [1.807, 2.05) is 30.6 Å². The second-order valence-corrected chi connectivity index (χ2v) is 7.01. The van der Waals surface area contributed by atoms with Crippen molar-refractivity contribution in [3.63, 3.8) is 0 Å². The van der Waals surface area contributed by atoms with Crippen LogP contribution in [0.3, 0.4) is 0 Å². The molecule has 0 bridgehead atoms. The van der Waals surface area contributed by atoms with Crippen LogP contribution in [0.4, 0.5) is 0 Å². The van der Waals surface area contributed by atoms with Crippen molar-refractivity contribution < 1.29 is 4.74 Å². The normalized spacial score (nSPS) is 20.2. The number of hydrogen-bond acceptors (Lipinski definition) is 5. The zero-order valence-corrected chi connectivity index (χ0v) is 15.5. The minimum absolute atomic E-state index is 0.436. The van der Waals surface area contributed by atoms with Gasteiger partial charge in [0.2, 0.25) is 0 Å². The molecule has 2 atom stereocenters. The SMILES string of the molecule is CN(CCOc1ccc(C#N)cc1)C[C@@H]1CCN(C)[C@H]1c1cccnc1. The Morgan fingerprint density at radius 1 is 1.31 bits per heavy atom. The molecule has 1 fully saturated rings. The standard InChI is InChI=1S/C21H26N4O/c1-24(12-13-26-20-7-5-17(14-22)6-8-20)16-19-9-11-25(2)21(19)18-4-3-10-23-15-18/h3-8,10,15,19,21H,9,11-13,16H2,1-2H3/t19-,21-/m0/s1. The van der Waals surface area contributed by atoms with Crippen molar-refractivity contribution in [3.05, 3.63) is 59.9 Å². The Labute approximate surface area is 155 Å². The van der Waals surface area contributed by atoms with Gasteiger partial charge in [-0.05, 0) is 68.9 Å². The number of rotatable bonds is 7. The third-order valence-electron chi connectivity index (χ3n) is 5.07. The van der Waals surface area contributed by atoms with Crippen LogP contribution in [-0.4, -0.2) is 55.1 Å². The second kappa shape index (κ2) is 8.79. The maximum absolute atomic E-state index is 8.83. The monoisotopic (exact) mass is 350 g/mol. The number of nitriles is 1. The Morgan fingerprint density at radius 3 is 2.81 bits per heavy atom. The van der Waals surface area contributed by atoms with Gasteiger partial charge in [0.25, 0.3) is 0 Å². The van der Waals surface area contributed by atoms with E-state index in [9.17, 15) is 0 Å². The van der Waals surface area contributed by atoms with Gasteiger partial charge in [-0.25, -0.2) is 0 Å². The van der Waals surface area contributed by atoms with Gasteiger partial charge < -0.3 is 9.64 Å². The van der Waals surface area contributed by atoms with Crippen molar-refractivity contribution in [1.29, 1.82) is 5.26 Å². The van der Waals surface area contributed by atoms with E-state index in [4.69, 9.17) is 10.00 Å². The number of likely N-dealkylation sites (tertiary alicyclic amines) is 1. The van der Waals surface area contributed by atoms with Gasteiger partial charge in [0.1, 0.15) is 12.4 Å². The summed E-state index contributed by atoms with van der Waals surface area (Å²) in [6, 6.07) is 14.0. The molecule has 1 aliphatic rings. The topological polar surface area (TPSA) is 52.4 Å². The highest BCUT2D eigenvalue weighted by atomic mass is 16.5. The van der Waals surface area contributed by atoms with E-state index < -0.39 is 0 Å². The van der Waals surface area contributed by atoms with Gasteiger partial charge in [0.05, 0.1) is 11.6 Å². The third kappa shape index (κ3) is 4.60. The fourth-order valence-corrected chi connectivity index (χ4v) is 3.73. The molecule has 0 aliphatic carbocycles. The molecule has 1 saturated heterocycles. The van der Waals surface area contributed by atoms with E-state index >= 15 is 0 Å². The summed E-state index contributed by atoms with van der Waals surface area (Å²) in [4.78, 5) is 9.07. The van der Waals surface area contributed by atoms with Crippen LogP contribution in [0.15, 0.2) is 48.8 Å². The van der Waals surface area contributed by atoms with Gasteiger partial charge in [0, 0.05) is 31.5 Å². The summed E-state index contributed by atoms with van der Waals surface area (Å²) in [6.07, 6.45) is 5.03. The number of benzene rings is 1. The van der Waals surface area contributed by atoms with Crippen molar-refractivity contribution in [1.82, 2.24) is 14.8 Å². The van der Waals surface area contributed by atoms with Crippen molar-refractivity contribution in [2.24, 2.45) is 5.92 Å². The lowest BCUT2D eigenvalue weighted by atomic mass is 9.94. The van der Waals surface area contributed by atoms with Gasteiger partial charge in [-0.1, -0.05) is 6.07 Å². The molecule has 0 radical (unpaired) electrons. The summed E-state index contributed by atoms with van der Waals surface area (Å²) in [7, 11) is 4.35. The van der Waals surface area contributed by atoms with Gasteiger partial charge >= 0.3 is 0 Å². The highest BCUT2D eigenvalue weighted by Gasteiger charge is 2.33. The summed E-state index contributed by atoms with van der Waals surface area (Å²) in [5.74, 6) is 1.41. The molecule has 5 nitrogen and oxygen atoms in total. The fourth-order valence-electron chi connectivity index (χ4n) is 3.73. The minimum Gasteiger partial charge on any atom is -0.492 e. The molecule has 1 aromatic heterocycles. The second-order valence-electron chi connectivity index (χ2n) is 7.01. The van der Waals surface area contributed by atoms with Crippen LogP contribution in [0.1, 0.15) is 23.6 Å². The average Bonchev–Trinajstić information content (AvgIpc) is 3.03.